The molecule has 25 heavy (non-hydrogen) atoms. The van der Waals surface area contributed by atoms with Gasteiger partial charge < -0.3 is 15.5 Å². The van der Waals surface area contributed by atoms with Crippen molar-refractivity contribution >= 4 is 11.9 Å². The highest BCUT2D eigenvalue weighted by molar-refractivity contribution is 5.79. The Morgan fingerprint density at radius 3 is 2.76 bits per heavy atom. The summed E-state index contributed by atoms with van der Waals surface area (Å²) < 4.78 is 0. The summed E-state index contributed by atoms with van der Waals surface area (Å²) in [5.74, 6) is 0.488. The third-order valence-electron chi connectivity index (χ3n) is 5.17. The van der Waals surface area contributed by atoms with Crippen molar-refractivity contribution in [1.82, 2.24) is 20.5 Å². The van der Waals surface area contributed by atoms with Crippen molar-refractivity contribution in [3.63, 3.8) is 0 Å². The maximum atomic E-state index is 12.6. The van der Waals surface area contributed by atoms with Crippen molar-refractivity contribution in [2.45, 2.75) is 58.0 Å². The zero-order valence-electron chi connectivity index (χ0n) is 15.0. The van der Waals surface area contributed by atoms with Gasteiger partial charge in [-0.2, -0.15) is 0 Å². The molecule has 1 saturated carbocycles. The van der Waals surface area contributed by atoms with Crippen molar-refractivity contribution < 1.29 is 9.59 Å². The molecule has 3 amide bonds. The average Bonchev–Trinajstić information content (AvgIpc) is 3.08. The van der Waals surface area contributed by atoms with Crippen LogP contribution in [0.15, 0.2) is 18.2 Å². The number of aromatic nitrogens is 1. The second kappa shape index (κ2) is 8.32. The Hall–Kier alpha value is -2.11. The van der Waals surface area contributed by atoms with Gasteiger partial charge in [-0.05, 0) is 38.3 Å². The monoisotopic (exact) mass is 344 g/mol. The molecular formula is C19H28N4O2. The van der Waals surface area contributed by atoms with Gasteiger partial charge in [0.2, 0.25) is 5.91 Å². The second-order valence-electron chi connectivity index (χ2n) is 7.20. The third-order valence-corrected chi connectivity index (χ3v) is 5.17. The minimum Gasteiger partial charge on any atom is -0.340 e. The van der Waals surface area contributed by atoms with Gasteiger partial charge in [0.05, 0.1) is 12.2 Å². The Morgan fingerprint density at radius 2 is 2.00 bits per heavy atom. The fourth-order valence-electron chi connectivity index (χ4n) is 3.79. The highest BCUT2D eigenvalue weighted by atomic mass is 16.2. The molecule has 2 heterocycles. The van der Waals surface area contributed by atoms with Gasteiger partial charge in [-0.25, -0.2) is 4.79 Å². The largest absolute Gasteiger partial charge is 0.340 e. The molecule has 2 N–H and O–H groups in total. The number of pyridine rings is 1. The predicted octanol–water partition coefficient (Wildman–Crippen LogP) is 2.37. The summed E-state index contributed by atoms with van der Waals surface area (Å²) in [5, 5.41) is 5.82. The van der Waals surface area contributed by atoms with Crippen LogP contribution in [0.5, 0.6) is 0 Å². The summed E-state index contributed by atoms with van der Waals surface area (Å²) in [6.45, 7) is 3.72. The van der Waals surface area contributed by atoms with Crippen LogP contribution in [0.4, 0.5) is 4.79 Å². The number of aryl methyl sites for hydroxylation is 1. The Labute approximate surface area is 149 Å². The van der Waals surface area contributed by atoms with Gasteiger partial charge in [-0.15, -0.1) is 0 Å². The first-order valence-corrected chi connectivity index (χ1v) is 9.37. The van der Waals surface area contributed by atoms with Crippen molar-refractivity contribution in [1.29, 1.82) is 0 Å². The van der Waals surface area contributed by atoms with Gasteiger partial charge in [-0.1, -0.05) is 25.3 Å². The number of hydrogen-bond acceptors (Lipinski definition) is 3. The van der Waals surface area contributed by atoms with Crippen LogP contribution in [0.3, 0.4) is 0 Å². The third kappa shape index (κ3) is 4.94. The van der Waals surface area contributed by atoms with Crippen LogP contribution in [0.2, 0.25) is 0 Å². The Morgan fingerprint density at radius 1 is 1.20 bits per heavy atom. The first-order valence-electron chi connectivity index (χ1n) is 9.37. The van der Waals surface area contributed by atoms with Crippen LogP contribution in [0.1, 0.15) is 49.9 Å². The van der Waals surface area contributed by atoms with E-state index in [4.69, 9.17) is 0 Å². The van der Waals surface area contributed by atoms with Gasteiger partial charge >= 0.3 is 6.03 Å². The zero-order chi connectivity index (χ0) is 17.6. The summed E-state index contributed by atoms with van der Waals surface area (Å²) in [4.78, 5) is 30.9. The molecule has 6 heteroatoms. The lowest BCUT2D eigenvalue weighted by atomic mass is 9.88. The van der Waals surface area contributed by atoms with E-state index in [1.165, 1.54) is 19.3 Å². The number of carbonyl (C=O) groups excluding carboxylic acids is 2. The molecule has 1 saturated heterocycles. The van der Waals surface area contributed by atoms with E-state index in [1.54, 1.807) is 0 Å². The number of hydrogen-bond donors (Lipinski definition) is 2. The number of nitrogens with one attached hydrogen (secondary N) is 2. The maximum Gasteiger partial charge on any atom is 0.315 e. The highest BCUT2D eigenvalue weighted by Gasteiger charge is 2.31. The smallest absolute Gasteiger partial charge is 0.315 e. The molecule has 136 valence electrons. The molecule has 1 unspecified atom stereocenters. The Kier molecular flexibility index (Phi) is 5.89. The van der Waals surface area contributed by atoms with Crippen LogP contribution in [0.25, 0.3) is 0 Å². The minimum atomic E-state index is -0.194. The zero-order valence-corrected chi connectivity index (χ0v) is 15.0. The number of amides is 3. The molecule has 1 atom stereocenters. The molecule has 1 aliphatic heterocycles. The first-order chi connectivity index (χ1) is 12.1. The van der Waals surface area contributed by atoms with Gasteiger partial charge in [-0.3, -0.25) is 9.78 Å². The molecule has 1 aliphatic carbocycles. The van der Waals surface area contributed by atoms with E-state index < -0.39 is 0 Å². The van der Waals surface area contributed by atoms with E-state index in [1.807, 2.05) is 30.0 Å². The van der Waals surface area contributed by atoms with Crippen LogP contribution in [-0.4, -0.2) is 41.0 Å². The van der Waals surface area contributed by atoms with Crippen molar-refractivity contribution in [2.24, 2.45) is 5.92 Å². The molecule has 3 rings (SSSR count). The van der Waals surface area contributed by atoms with Crippen molar-refractivity contribution in [3.05, 3.63) is 29.6 Å². The van der Waals surface area contributed by atoms with Crippen molar-refractivity contribution in [3.8, 4) is 0 Å². The Balaban J connectivity index is 1.41. The molecule has 1 aromatic rings. The molecule has 0 spiro atoms. The number of likely N-dealkylation sites (tertiary alicyclic amines) is 1. The molecule has 2 aliphatic rings. The summed E-state index contributed by atoms with van der Waals surface area (Å²) >= 11 is 0. The molecule has 2 fully saturated rings. The van der Waals surface area contributed by atoms with Gasteiger partial charge in [0.25, 0.3) is 0 Å². The van der Waals surface area contributed by atoms with E-state index in [0.29, 0.717) is 13.1 Å². The Bertz CT molecular complexity index is 613. The molecule has 0 bridgehead atoms. The molecule has 0 radical (unpaired) electrons. The summed E-state index contributed by atoms with van der Waals surface area (Å²) in [5.41, 5.74) is 1.78. The van der Waals surface area contributed by atoms with Crippen LogP contribution in [0, 0.1) is 12.8 Å². The topological polar surface area (TPSA) is 74.3 Å². The van der Waals surface area contributed by atoms with Gasteiger partial charge in [0, 0.05) is 30.7 Å². The predicted molar refractivity (Wildman–Crippen MR) is 95.9 cm³/mol. The van der Waals surface area contributed by atoms with Crippen LogP contribution < -0.4 is 10.6 Å². The normalized spacial score (nSPS) is 21.2. The quantitative estimate of drug-likeness (QED) is 0.880. The van der Waals surface area contributed by atoms with Crippen molar-refractivity contribution in [2.75, 3.05) is 13.1 Å². The number of rotatable bonds is 4. The SMILES string of the molecule is Cc1cccc(CNC(=O)NC2CCN(C(=O)C3CCCCC3)C2)n1. The molecule has 6 nitrogen and oxygen atoms in total. The standard InChI is InChI=1S/C19H28N4O2/c1-14-6-5-9-16(21-14)12-20-19(25)22-17-10-11-23(13-17)18(24)15-7-3-2-4-8-15/h5-6,9,15,17H,2-4,7-8,10-13H2,1H3,(H2,20,22,25). The second-order valence-corrected chi connectivity index (χ2v) is 7.20. The number of carbonyl (C=O) groups is 2. The molecule has 0 aromatic carbocycles. The summed E-state index contributed by atoms with van der Waals surface area (Å²) in [6, 6.07) is 5.61. The molecule has 1 aromatic heterocycles. The van der Waals surface area contributed by atoms with E-state index in [2.05, 4.69) is 15.6 Å². The van der Waals surface area contributed by atoms with E-state index in [-0.39, 0.29) is 23.9 Å². The van der Waals surface area contributed by atoms with E-state index in [0.717, 1.165) is 37.2 Å². The number of nitrogens with zero attached hydrogens (tertiary/aromatic N) is 2. The number of urea groups is 1. The average molecular weight is 344 g/mol. The lowest BCUT2D eigenvalue weighted by molar-refractivity contribution is -0.135. The van der Waals surface area contributed by atoms with E-state index >= 15 is 0 Å². The lowest BCUT2D eigenvalue weighted by Gasteiger charge is -2.26. The fraction of sp³-hybridized carbons (Fsp3) is 0.632. The molecular weight excluding hydrogens is 316 g/mol. The van der Waals surface area contributed by atoms with Crippen LogP contribution in [-0.2, 0) is 11.3 Å². The summed E-state index contributed by atoms with van der Waals surface area (Å²) in [6.07, 6.45) is 6.47. The van der Waals surface area contributed by atoms with Gasteiger partial charge in [0.15, 0.2) is 0 Å². The van der Waals surface area contributed by atoms with Gasteiger partial charge in [0.1, 0.15) is 0 Å². The van der Waals surface area contributed by atoms with Crippen LogP contribution >= 0.6 is 0 Å². The fourth-order valence-corrected chi connectivity index (χ4v) is 3.79. The van der Waals surface area contributed by atoms with E-state index in [9.17, 15) is 9.59 Å². The lowest BCUT2D eigenvalue weighted by Crippen LogP contribution is -2.44. The summed E-state index contributed by atoms with van der Waals surface area (Å²) in [7, 11) is 0. The highest BCUT2D eigenvalue weighted by Crippen LogP contribution is 2.26. The maximum absolute atomic E-state index is 12.6. The first kappa shape index (κ1) is 17.7. The minimum absolute atomic E-state index is 0.0398.